The van der Waals surface area contributed by atoms with Crippen molar-refractivity contribution in [2.75, 3.05) is 0 Å². The first-order valence-electron chi connectivity index (χ1n) is 9.67. The molecule has 0 saturated heterocycles. The highest BCUT2D eigenvalue weighted by Gasteiger charge is 2.10. The average molecular weight is 408 g/mol. The van der Waals surface area contributed by atoms with Crippen molar-refractivity contribution in [1.29, 1.82) is 10.8 Å². The Hall–Kier alpha value is -4.32. The lowest BCUT2D eigenvalue weighted by atomic mass is 10.0. The van der Waals surface area contributed by atoms with Gasteiger partial charge in [0, 0.05) is 23.4 Å². The van der Waals surface area contributed by atoms with Crippen molar-refractivity contribution in [1.82, 2.24) is 9.97 Å². The zero-order valence-electron chi connectivity index (χ0n) is 16.7. The summed E-state index contributed by atoms with van der Waals surface area (Å²) in [7, 11) is 0. The molecule has 0 bridgehead atoms. The van der Waals surface area contributed by atoms with Crippen molar-refractivity contribution < 1.29 is 9.47 Å². The number of hydrogen-bond donors (Lipinski definition) is 2. The molecule has 6 heteroatoms. The van der Waals surface area contributed by atoms with Gasteiger partial charge in [-0.25, -0.2) is 4.98 Å². The summed E-state index contributed by atoms with van der Waals surface area (Å²) >= 11 is 0. The molecule has 0 fully saturated rings. The molecule has 0 aliphatic heterocycles. The summed E-state index contributed by atoms with van der Waals surface area (Å²) in [6.07, 6.45) is 5.93. The highest BCUT2D eigenvalue weighted by Crippen LogP contribution is 2.23. The Morgan fingerprint density at radius 3 is 2.55 bits per heavy atom. The lowest BCUT2D eigenvalue weighted by Gasteiger charge is -2.11. The molecule has 6 nitrogen and oxygen atoms in total. The molecule has 4 rings (SSSR count). The number of nitrogens with zero attached hydrogens (tertiary/aromatic N) is 2. The van der Waals surface area contributed by atoms with Crippen LogP contribution >= 0.6 is 0 Å². The van der Waals surface area contributed by atoms with E-state index in [-0.39, 0.29) is 5.90 Å². The first-order valence-corrected chi connectivity index (χ1v) is 9.67. The largest absolute Gasteiger partial charge is 0.487 e. The highest BCUT2D eigenvalue weighted by molar-refractivity contribution is 6.24. The molecule has 0 aliphatic carbocycles. The van der Waals surface area contributed by atoms with Crippen LogP contribution in [0, 0.1) is 10.8 Å². The van der Waals surface area contributed by atoms with Crippen LogP contribution in [0.2, 0.25) is 0 Å². The number of nitrogens with one attached hydrogen (secondary N) is 2. The number of aromatic nitrogens is 2. The highest BCUT2D eigenvalue weighted by atomic mass is 16.5. The normalized spacial score (nSPS) is 11.2. The second kappa shape index (κ2) is 9.45. The van der Waals surface area contributed by atoms with Crippen LogP contribution < -0.4 is 4.74 Å². The summed E-state index contributed by atoms with van der Waals surface area (Å²) < 4.78 is 10.9. The lowest BCUT2D eigenvalue weighted by molar-refractivity contribution is 0.302. The molecule has 4 aromatic rings. The summed E-state index contributed by atoms with van der Waals surface area (Å²) in [6, 6.07) is 23.1. The SMILES string of the molecule is N=COC(=N)/C(=C/c1cccnc1)c1ccc(OCc2ccc3ccccc3n2)cc1. The summed E-state index contributed by atoms with van der Waals surface area (Å²) in [4.78, 5) is 8.72. The number of para-hydroxylation sites is 1. The van der Waals surface area contributed by atoms with Crippen molar-refractivity contribution in [2.24, 2.45) is 0 Å². The minimum atomic E-state index is -0.118. The molecule has 2 heterocycles. The number of ether oxygens (including phenoxy) is 2. The average Bonchev–Trinajstić information content (AvgIpc) is 2.82. The predicted molar refractivity (Wildman–Crippen MR) is 122 cm³/mol. The standard InChI is InChI=1S/C25H20N4O2/c26-17-31-25(27)23(14-18-4-3-13-28-15-18)19-8-11-22(12-9-19)30-16-21-10-7-20-5-1-2-6-24(20)29-21/h1-15,17,26-27H,16H2/b23-14+,26-17?,27-25?. The van der Waals surface area contributed by atoms with E-state index in [9.17, 15) is 0 Å². The summed E-state index contributed by atoms with van der Waals surface area (Å²) in [5.74, 6) is 0.576. The van der Waals surface area contributed by atoms with Gasteiger partial charge in [0.05, 0.1) is 11.2 Å². The van der Waals surface area contributed by atoms with Crippen LogP contribution in [0.5, 0.6) is 5.75 Å². The van der Waals surface area contributed by atoms with E-state index in [1.54, 1.807) is 18.5 Å². The molecule has 31 heavy (non-hydrogen) atoms. The van der Waals surface area contributed by atoms with Gasteiger partial charge in [-0.2, -0.15) is 0 Å². The van der Waals surface area contributed by atoms with Crippen LogP contribution in [0.15, 0.2) is 85.2 Å². The van der Waals surface area contributed by atoms with E-state index in [4.69, 9.17) is 20.3 Å². The molecule has 2 aromatic carbocycles. The van der Waals surface area contributed by atoms with E-state index < -0.39 is 0 Å². The quantitative estimate of drug-likeness (QED) is 0.318. The van der Waals surface area contributed by atoms with E-state index in [0.29, 0.717) is 17.9 Å². The van der Waals surface area contributed by atoms with Crippen LogP contribution in [-0.2, 0) is 11.3 Å². The second-order valence-electron chi connectivity index (χ2n) is 6.72. The summed E-state index contributed by atoms with van der Waals surface area (Å²) in [5, 5.41) is 16.4. The van der Waals surface area contributed by atoms with Crippen molar-refractivity contribution in [3.63, 3.8) is 0 Å². The fourth-order valence-electron chi connectivity index (χ4n) is 3.11. The van der Waals surface area contributed by atoms with Crippen LogP contribution in [0.25, 0.3) is 22.6 Å². The van der Waals surface area contributed by atoms with Gasteiger partial charge in [0.15, 0.2) is 6.40 Å². The Bertz CT molecular complexity index is 1240. The summed E-state index contributed by atoms with van der Waals surface area (Å²) in [5.41, 5.74) is 3.93. The summed E-state index contributed by atoms with van der Waals surface area (Å²) in [6.45, 7) is 0.356. The maximum absolute atomic E-state index is 8.14. The van der Waals surface area contributed by atoms with Crippen molar-refractivity contribution in [2.45, 2.75) is 6.61 Å². The topological polar surface area (TPSA) is 91.9 Å². The van der Waals surface area contributed by atoms with Crippen LogP contribution in [0.1, 0.15) is 16.8 Å². The number of pyridine rings is 2. The van der Waals surface area contributed by atoms with Crippen LogP contribution in [0.3, 0.4) is 0 Å². The Morgan fingerprint density at radius 2 is 1.77 bits per heavy atom. The predicted octanol–water partition coefficient (Wildman–Crippen LogP) is 5.35. The second-order valence-corrected chi connectivity index (χ2v) is 6.72. The van der Waals surface area contributed by atoms with Crippen LogP contribution in [-0.4, -0.2) is 22.3 Å². The Morgan fingerprint density at radius 1 is 0.935 bits per heavy atom. The van der Waals surface area contributed by atoms with Crippen molar-refractivity contribution in [3.05, 3.63) is 102 Å². The van der Waals surface area contributed by atoms with Gasteiger partial charge in [0.2, 0.25) is 5.90 Å². The zero-order chi connectivity index (χ0) is 21.5. The molecule has 2 N–H and O–H groups in total. The molecular weight excluding hydrogens is 388 g/mol. The number of benzene rings is 2. The van der Waals surface area contributed by atoms with Gasteiger partial charge in [0.1, 0.15) is 12.4 Å². The maximum atomic E-state index is 8.14. The first kappa shape index (κ1) is 20.0. The van der Waals surface area contributed by atoms with E-state index in [2.05, 4.69) is 9.97 Å². The van der Waals surface area contributed by atoms with Gasteiger partial charge in [-0.3, -0.25) is 15.8 Å². The van der Waals surface area contributed by atoms with Gasteiger partial charge in [-0.15, -0.1) is 0 Å². The number of rotatable bonds is 7. The van der Waals surface area contributed by atoms with E-state index in [1.807, 2.05) is 72.8 Å². The van der Waals surface area contributed by atoms with Gasteiger partial charge < -0.3 is 9.47 Å². The van der Waals surface area contributed by atoms with Crippen molar-refractivity contribution in [3.8, 4) is 5.75 Å². The number of hydrogen-bond acceptors (Lipinski definition) is 6. The Labute approximate surface area is 179 Å². The fraction of sp³-hybridized carbons (Fsp3) is 0.0400. The molecule has 0 amide bonds. The Balaban J connectivity index is 1.51. The molecule has 0 saturated carbocycles. The third-order valence-corrected chi connectivity index (χ3v) is 4.62. The van der Waals surface area contributed by atoms with Gasteiger partial charge in [-0.1, -0.05) is 42.5 Å². The fourth-order valence-corrected chi connectivity index (χ4v) is 3.11. The molecule has 0 atom stereocenters. The van der Waals surface area contributed by atoms with E-state index in [0.717, 1.165) is 34.1 Å². The molecule has 0 aliphatic rings. The third kappa shape index (κ3) is 5.00. The van der Waals surface area contributed by atoms with Gasteiger partial charge in [0.25, 0.3) is 0 Å². The molecular formula is C25H20N4O2. The third-order valence-electron chi connectivity index (χ3n) is 4.62. The van der Waals surface area contributed by atoms with Crippen LogP contribution in [0.4, 0.5) is 0 Å². The smallest absolute Gasteiger partial charge is 0.221 e. The Kier molecular flexibility index (Phi) is 6.09. The monoisotopic (exact) mass is 408 g/mol. The lowest BCUT2D eigenvalue weighted by Crippen LogP contribution is -2.05. The molecule has 2 aromatic heterocycles. The molecule has 152 valence electrons. The molecule has 0 radical (unpaired) electrons. The van der Waals surface area contributed by atoms with Gasteiger partial charge in [-0.05, 0) is 47.5 Å². The molecule has 0 spiro atoms. The van der Waals surface area contributed by atoms with Gasteiger partial charge >= 0.3 is 0 Å². The zero-order valence-corrected chi connectivity index (χ0v) is 16.7. The molecule has 0 unspecified atom stereocenters. The minimum absolute atomic E-state index is 0.118. The van der Waals surface area contributed by atoms with E-state index in [1.165, 1.54) is 0 Å². The maximum Gasteiger partial charge on any atom is 0.221 e. The number of fused-ring (bicyclic) bond motifs is 1. The van der Waals surface area contributed by atoms with Crippen molar-refractivity contribution >= 4 is 34.9 Å². The minimum Gasteiger partial charge on any atom is -0.487 e. The first-order chi connectivity index (χ1) is 15.2. The van der Waals surface area contributed by atoms with E-state index >= 15 is 0 Å².